The molecule has 0 radical (unpaired) electrons. The van der Waals surface area contributed by atoms with Crippen LogP contribution in [-0.4, -0.2) is 6.41 Å². The average Bonchev–Trinajstić information content (AvgIpc) is 1.63. The van der Waals surface area contributed by atoms with Crippen LogP contribution in [0.5, 0.6) is 0 Å². The van der Waals surface area contributed by atoms with Crippen LogP contribution in [0.2, 0.25) is 0 Å². The third kappa shape index (κ3) is 25.7. The Morgan fingerprint density at radius 3 is 0.837 bits per heavy atom. The van der Waals surface area contributed by atoms with Gasteiger partial charge in [-0.25, -0.2) is 24.3 Å². The van der Waals surface area contributed by atoms with E-state index >= 15 is 0 Å². The number of fused-ring (bicyclic) bond motifs is 6. The minimum Gasteiger partial charge on any atom is -1.00 e. The number of unbranched alkanes of at least 4 members (excludes halogenated alkanes) is 4. The molecule has 4 heteroatoms. The molecule has 0 nitrogen and oxygen atoms in total. The fraction of sp³-hybridized carbons (Fsp3) is 0.383. The van der Waals surface area contributed by atoms with Gasteiger partial charge in [-0.15, -0.1) is 35.1 Å². The number of benzene rings is 8. The molecule has 0 aliphatic heterocycles. The predicted molar refractivity (Wildman–Crippen MR) is 412 cm³/mol. The molecular weight excluding hydrogens is 1380 g/mol. The largest absolute Gasteiger partial charge is 1.00 e. The van der Waals surface area contributed by atoms with Crippen LogP contribution >= 0.6 is 0 Å². The third-order valence-electron chi connectivity index (χ3n) is 18.3. The molecule has 512 valence electrons. The molecule has 12 rings (SSSR count). The summed E-state index contributed by atoms with van der Waals surface area (Å²) in [5, 5.41) is 0. The van der Waals surface area contributed by atoms with Crippen molar-refractivity contribution in [3.63, 3.8) is 0 Å². The molecule has 0 bridgehead atoms. The zero-order chi connectivity index (χ0) is 69.5. The van der Waals surface area contributed by atoms with E-state index in [9.17, 15) is 0 Å². The van der Waals surface area contributed by atoms with Crippen LogP contribution in [0.1, 0.15) is 264 Å². The minimum atomic E-state index is 0. The van der Waals surface area contributed by atoms with Gasteiger partial charge >= 0.3 is 301 Å². The van der Waals surface area contributed by atoms with Gasteiger partial charge in [-0.3, -0.25) is 12.2 Å². The number of halogens is 2. The predicted octanol–water partition coefficient (Wildman–Crippen LogP) is 18.9. The van der Waals surface area contributed by atoms with Crippen molar-refractivity contribution in [2.75, 3.05) is 0 Å². The normalized spacial score (nSPS) is 12.6. The Hall–Kier alpha value is -5.19. The summed E-state index contributed by atoms with van der Waals surface area (Å²) in [4.78, 5) is 0. The van der Waals surface area contributed by atoms with E-state index in [0.717, 1.165) is 25.7 Å². The summed E-state index contributed by atoms with van der Waals surface area (Å²) < 4.78 is 2.91. The van der Waals surface area contributed by atoms with Gasteiger partial charge in [0.1, 0.15) is 0 Å². The first-order valence-electron chi connectivity index (χ1n) is 36.2. The molecule has 0 saturated heterocycles. The summed E-state index contributed by atoms with van der Waals surface area (Å²) in [5.74, 6) is 0. The third-order valence-corrected chi connectivity index (χ3v) is 21.2. The van der Waals surface area contributed by atoms with Crippen LogP contribution in [0.4, 0.5) is 0 Å². The van der Waals surface area contributed by atoms with Crippen molar-refractivity contribution in [2.24, 2.45) is 0 Å². The SMILES string of the molecule is CC(C)(C)c1[c-]c2c(cc1)-c1ccc(C(C)(C)C)cc1C2.CC(C)(C)c1[c-]c2c(cc1)-c1ccc(C(C)(C)C)cc1C2.CCCCc1ccc([C](=[Zr+2])c2ccc(CCCC)cc2)cc1.CCCCc1ccc([C](=[Zr+2])c2ccc(CCCC)cc2)cc1.[C-]1=CC=CC1.[C-]1=CC=CC1.[Cl-].[Cl-]. The van der Waals surface area contributed by atoms with E-state index in [0.29, 0.717) is 0 Å². The van der Waals surface area contributed by atoms with Gasteiger partial charge in [0, 0.05) is 0 Å². The minimum absolute atomic E-state index is 0. The molecule has 0 heterocycles. The van der Waals surface area contributed by atoms with E-state index in [-0.39, 0.29) is 46.5 Å². The molecule has 4 aliphatic carbocycles. The molecule has 0 N–H and O–H groups in total. The quantitative estimate of drug-likeness (QED) is 0.0846. The van der Waals surface area contributed by atoms with Gasteiger partial charge in [-0.2, -0.15) is 59.7 Å². The Balaban J connectivity index is 0.000000223. The smallest absolute Gasteiger partial charge is 0.109 e. The maximum atomic E-state index is 3.67. The summed E-state index contributed by atoms with van der Waals surface area (Å²) in [6.45, 7) is 36.2. The number of hydrogen-bond donors (Lipinski definition) is 0. The van der Waals surface area contributed by atoms with E-state index in [4.69, 9.17) is 0 Å². The second kappa shape index (κ2) is 40.4. The first kappa shape index (κ1) is 83.5. The Labute approximate surface area is 638 Å². The summed E-state index contributed by atoms with van der Waals surface area (Å²) in [7, 11) is 0. The van der Waals surface area contributed by atoms with E-state index in [2.05, 4.69) is 305 Å². The fourth-order valence-electron chi connectivity index (χ4n) is 11.9. The van der Waals surface area contributed by atoms with E-state index in [1.165, 1.54) is 243 Å². The van der Waals surface area contributed by atoms with Crippen LogP contribution in [0, 0.1) is 24.3 Å². The number of rotatable bonds is 16. The van der Waals surface area contributed by atoms with Crippen molar-refractivity contribution >= 4 is 6.41 Å². The van der Waals surface area contributed by atoms with Crippen molar-refractivity contribution in [1.82, 2.24) is 0 Å². The van der Waals surface area contributed by atoms with Crippen molar-refractivity contribution in [2.45, 2.75) is 235 Å². The van der Waals surface area contributed by atoms with Gasteiger partial charge < -0.3 is 24.8 Å². The average molecular weight is 1500 g/mol. The summed E-state index contributed by atoms with van der Waals surface area (Å²) in [6.07, 6.45) is 37.1. The molecular formula is C94H112Cl2Zr2-2. The van der Waals surface area contributed by atoms with Crippen molar-refractivity contribution < 1.29 is 73.3 Å². The molecule has 8 aromatic carbocycles. The molecule has 98 heavy (non-hydrogen) atoms. The molecule has 0 fully saturated rings. The number of hydrogen-bond acceptors (Lipinski definition) is 0. The maximum Gasteiger partial charge on any atom is -0.109 e. The fourth-order valence-corrected chi connectivity index (χ4v) is 13.6. The molecule has 0 unspecified atom stereocenters. The van der Waals surface area contributed by atoms with Gasteiger partial charge in [0.15, 0.2) is 0 Å². The molecule has 0 aromatic heterocycles. The molecule has 0 saturated carbocycles. The number of allylic oxidation sites excluding steroid dienone is 8. The Morgan fingerprint density at radius 1 is 0.347 bits per heavy atom. The van der Waals surface area contributed by atoms with Crippen LogP contribution in [0.15, 0.2) is 194 Å². The van der Waals surface area contributed by atoms with Crippen molar-refractivity contribution in [1.29, 1.82) is 0 Å². The van der Waals surface area contributed by atoms with Crippen molar-refractivity contribution in [3.05, 3.63) is 307 Å². The molecule has 0 amide bonds. The maximum absolute atomic E-state index is 3.67. The van der Waals surface area contributed by atoms with E-state index in [1.54, 1.807) is 0 Å². The van der Waals surface area contributed by atoms with Crippen LogP contribution in [0.3, 0.4) is 0 Å². The first-order chi connectivity index (χ1) is 45.8. The van der Waals surface area contributed by atoms with E-state index < -0.39 is 0 Å². The molecule has 4 aliphatic rings. The Morgan fingerprint density at radius 2 is 0.622 bits per heavy atom. The standard InChI is InChI=1S/2C21H25.2C21H26.2C5H5.2ClH.2Zr/c2*1-20(2,3)16-7-9-18-14(12-16)11-15-13-17(21(4,5)6)8-10-19(15)18;2*1-3-5-7-18-9-13-20(14-10-18)17-21-15-11-19(12-16-21)8-6-4-2;2*1-2-4-5-3-1;;;;/h2*7-10,12H,11H2,1-6H3;2*9-16H,3-8H2,1-2H3;2*1-3H,4H2;2*1H;;/q2*-1;;;2*-1;;;2*+2/p-2. The topological polar surface area (TPSA) is 0 Å². The van der Waals surface area contributed by atoms with E-state index in [1.807, 2.05) is 24.3 Å². The number of aryl methyl sites for hydroxylation is 4. The van der Waals surface area contributed by atoms with Gasteiger partial charge in [0.25, 0.3) is 0 Å². The van der Waals surface area contributed by atoms with Crippen LogP contribution in [0.25, 0.3) is 22.3 Å². The summed E-state index contributed by atoms with van der Waals surface area (Å²) in [6, 6.07) is 67.0. The molecule has 8 aromatic rings. The molecule has 0 atom stereocenters. The second-order valence-electron chi connectivity index (χ2n) is 30.6. The van der Waals surface area contributed by atoms with Gasteiger partial charge in [0.2, 0.25) is 0 Å². The summed E-state index contributed by atoms with van der Waals surface area (Å²) in [5.41, 5.74) is 28.8. The zero-order valence-corrected chi connectivity index (χ0v) is 69.0. The van der Waals surface area contributed by atoms with Gasteiger partial charge in [-0.1, -0.05) is 131 Å². The first-order valence-corrected chi connectivity index (χ1v) is 38.6. The van der Waals surface area contributed by atoms with Gasteiger partial charge in [-0.05, 0) is 56.8 Å². The van der Waals surface area contributed by atoms with Crippen LogP contribution < -0.4 is 24.8 Å². The van der Waals surface area contributed by atoms with Crippen LogP contribution in [-0.2, 0) is 109 Å². The Kier molecular flexibility index (Phi) is 34.4. The summed E-state index contributed by atoms with van der Waals surface area (Å²) >= 11 is 2.97. The monoisotopic (exact) mass is 1490 g/mol. The molecule has 0 spiro atoms. The van der Waals surface area contributed by atoms with Crippen molar-refractivity contribution in [3.8, 4) is 22.3 Å². The van der Waals surface area contributed by atoms with Gasteiger partial charge in [0.05, 0.1) is 0 Å². The Bertz CT molecular complexity index is 3390. The second-order valence-corrected chi connectivity index (χ2v) is 33.0. The zero-order valence-electron chi connectivity index (χ0n) is 62.5.